The molecular weight excluding hydrogens is 204 g/mol. The highest BCUT2D eigenvalue weighted by Crippen LogP contribution is 2.32. The van der Waals surface area contributed by atoms with E-state index in [-0.39, 0.29) is 0 Å². The van der Waals surface area contributed by atoms with Crippen LogP contribution in [0.5, 0.6) is 0 Å². The fourth-order valence-electron chi connectivity index (χ4n) is 1.45. The van der Waals surface area contributed by atoms with Crippen LogP contribution in [-0.2, 0) is 20.2 Å². The number of benzene rings is 1. The molecule has 0 amide bonds. The van der Waals surface area contributed by atoms with E-state index in [4.69, 9.17) is 25.8 Å². The molecule has 0 radical (unpaired) electrons. The first-order chi connectivity index (χ1) is 6.77. The van der Waals surface area contributed by atoms with Crippen LogP contribution in [-0.4, -0.2) is 20.3 Å². The first kappa shape index (κ1) is 9.93. The molecule has 1 aromatic carbocycles. The minimum absolute atomic E-state index is 0.538. The molecule has 0 spiro atoms. The summed E-state index contributed by atoms with van der Waals surface area (Å²) in [5.74, 6) is -1.04. The van der Waals surface area contributed by atoms with Crippen LogP contribution >= 0.6 is 11.6 Å². The summed E-state index contributed by atoms with van der Waals surface area (Å²) >= 11 is 5.78. The van der Waals surface area contributed by atoms with E-state index in [0.717, 1.165) is 5.56 Å². The zero-order chi connectivity index (χ0) is 10.0. The van der Waals surface area contributed by atoms with Crippen LogP contribution in [0, 0.1) is 0 Å². The predicted octanol–water partition coefficient (Wildman–Crippen LogP) is 2.14. The van der Waals surface area contributed by atoms with E-state index in [9.17, 15) is 0 Å². The van der Waals surface area contributed by atoms with E-state index in [1.54, 1.807) is 19.2 Å². The van der Waals surface area contributed by atoms with Crippen molar-refractivity contribution in [2.24, 2.45) is 0 Å². The fraction of sp³-hybridized carbons (Fsp3) is 0.400. The van der Waals surface area contributed by atoms with Crippen molar-refractivity contribution in [3.05, 3.63) is 34.9 Å². The molecular formula is C10H11ClO3. The Morgan fingerprint density at radius 1 is 1.21 bits per heavy atom. The van der Waals surface area contributed by atoms with Crippen LogP contribution in [0.4, 0.5) is 0 Å². The van der Waals surface area contributed by atoms with Crippen LogP contribution in [0.15, 0.2) is 24.3 Å². The minimum atomic E-state index is -1.04. The fourth-order valence-corrected chi connectivity index (χ4v) is 1.58. The highest BCUT2D eigenvalue weighted by atomic mass is 35.5. The van der Waals surface area contributed by atoms with Crippen molar-refractivity contribution in [1.29, 1.82) is 0 Å². The lowest BCUT2D eigenvalue weighted by Gasteiger charge is -2.25. The molecule has 0 unspecified atom stereocenters. The smallest absolute Gasteiger partial charge is 0.311 e. The Labute approximate surface area is 87.5 Å². The molecule has 14 heavy (non-hydrogen) atoms. The maximum atomic E-state index is 5.78. The van der Waals surface area contributed by atoms with Gasteiger partial charge in [-0.3, -0.25) is 0 Å². The Kier molecular flexibility index (Phi) is 2.74. The molecule has 76 valence electrons. The van der Waals surface area contributed by atoms with Crippen LogP contribution in [0.1, 0.15) is 5.56 Å². The molecule has 0 atom stereocenters. The van der Waals surface area contributed by atoms with Crippen molar-refractivity contribution in [3.8, 4) is 0 Å². The molecule has 0 saturated carbocycles. The van der Waals surface area contributed by atoms with Gasteiger partial charge in [0.05, 0.1) is 13.2 Å². The van der Waals surface area contributed by atoms with E-state index < -0.39 is 5.97 Å². The Balaban J connectivity index is 2.31. The van der Waals surface area contributed by atoms with E-state index in [2.05, 4.69) is 0 Å². The molecule has 1 saturated heterocycles. The van der Waals surface area contributed by atoms with E-state index in [1.165, 1.54) is 0 Å². The Morgan fingerprint density at radius 2 is 1.79 bits per heavy atom. The van der Waals surface area contributed by atoms with Crippen LogP contribution in [0.2, 0.25) is 5.02 Å². The lowest BCUT2D eigenvalue weighted by molar-refractivity contribution is -0.331. The lowest BCUT2D eigenvalue weighted by Crippen LogP contribution is -2.29. The van der Waals surface area contributed by atoms with Gasteiger partial charge in [-0.15, -0.1) is 0 Å². The van der Waals surface area contributed by atoms with Gasteiger partial charge in [0.25, 0.3) is 0 Å². The maximum absolute atomic E-state index is 5.78. The standard InChI is InChI=1S/C10H11ClO3/c1-12-10(13-6-7-14-10)8-2-4-9(11)5-3-8/h2-5H,6-7H2,1H3. The van der Waals surface area contributed by atoms with Gasteiger partial charge in [0.2, 0.25) is 0 Å². The number of ether oxygens (including phenoxy) is 3. The van der Waals surface area contributed by atoms with Gasteiger partial charge in [0.15, 0.2) is 0 Å². The summed E-state index contributed by atoms with van der Waals surface area (Å²) in [6.45, 7) is 1.08. The van der Waals surface area contributed by atoms with E-state index >= 15 is 0 Å². The summed E-state index contributed by atoms with van der Waals surface area (Å²) in [6.07, 6.45) is 0. The molecule has 3 nitrogen and oxygen atoms in total. The Bertz CT molecular complexity index is 304. The molecule has 0 aromatic heterocycles. The summed E-state index contributed by atoms with van der Waals surface area (Å²) in [7, 11) is 1.56. The molecule has 0 aliphatic carbocycles. The lowest BCUT2D eigenvalue weighted by atomic mass is 10.2. The van der Waals surface area contributed by atoms with Crippen molar-refractivity contribution in [1.82, 2.24) is 0 Å². The summed E-state index contributed by atoms with van der Waals surface area (Å²) in [5, 5.41) is 0.679. The predicted molar refractivity (Wildman–Crippen MR) is 52.0 cm³/mol. The van der Waals surface area contributed by atoms with Crippen molar-refractivity contribution in [2.45, 2.75) is 5.97 Å². The topological polar surface area (TPSA) is 27.7 Å². The summed E-state index contributed by atoms with van der Waals surface area (Å²) in [4.78, 5) is 0. The van der Waals surface area contributed by atoms with Crippen LogP contribution < -0.4 is 0 Å². The van der Waals surface area contributed by atoms with Crippen LogP contribution in [0.3, 0.4) is 0 Å². The van der Waals surface area contributed by atoms with Gasteiger partial charge in [0.1, 0.15) is 0 Å². The molecule has 1 aliphatic rings. The van der Waals surface area contributed by atoms with E-state index in [1.807, 2.05) is 12.1 Å². The molecule has 2 rings (SSSR count). The third-order valence-electron chi connectivity index (χ3n) is 2.13. The third kappa shape index (κ3) is 1.64. The Morgan fingerprint density at radius 3 is 2.29 bits per heavy atom. The molecule has 0 N–H and O–H groups in total. The summed E-state index contributed by atoms with van der Waals surface area (Å²) in [5.41, 5.74) is 0.821. The largest absolute Gasteiger partial charge is 0.327 e. The van der Waals surface area contributed by atoms with Gasteiger partial charge in [-0.2, -0.15) is 0 Å². The molecule has 1 fully saturated rings. The second kappa shape index (κ2) is 3.87. The van der Waals surface area contributed by atoms with Gasteiger partial charge in [0, 0.05) is 17.7 Å². The number of halogens is 1. The average molecular weight is 215 g/mol. The van der Waals surface area contributed by atoms with Crippen molar-refractivity contribution < 1.29 is 14.2 Å². The van der Waals surface area contributed by atoms with Gasteiger partial charge in [-0.05, 0) is 24.3 Å². The molecule has 1 aromatic rings. The zero-order valence-corrected chi connectivity index (χ0v) is 8.58. The highest BCUT2D eigenvalue weighted by Gasteiger charge is 2.38. The summed E-state index contributed by atoms with van der Waals surface area (Å²) < 4.78 is 16.1. The number of hydrogen-bond donors (Lipinski definition) is 0. The average Bonchev–Trinajstić information content (AvgIpc) is 2.68. The monoisotopic (exact) mass is 214 g/mol. The SMILES string of the molecule is COC1(c2ccc(Cl)cc2)OCCO1. The zero-order valence-electron chi connectivity index (χ0n) is 7.83. The Hall–Kier alpha value is -0.610. The van der Waals surface area contributed by atoms with Crippen LogP contribution in [0.25, 0.3) is 0 Å². The molecule has 0 bridgehead atoms. The second-order valence-electron chi connectivity index (χ2n) is 2.96. The number of rotatable bonds is 2. The van der Waals surface area contributed by atoms with Gasteiger partial charge in [-0.1, -0.05) is 11.6 Å². The number of hydrogen-bond acceptors (Lipinski definition) is 3. The molecule has 4 heteroatoms. The maximum Gasteiger partial charge on any atom is 0.311 e. The molecule has 1 heterocycles. The van der Waals surface area contributed by atoms with Gasteiger partial charge >= 0.3 is 5.97 Å². The van der Waals surface area contributed by atoms with E-state index in [0.29, 0.717) is 18.2 Å². The van der Waals surface area contributed by atoms with Crippen molar-refractivity contribution in [2.75, 3.05) is 20.3 Å². The van der Waals surface area contributed by atoms with Crippen molar-refractivity contribution >= 4 is 11.6 Å². The quantitative estimate of drug-likeness (QED) is 0.755. The normalized spacial score (nSPS) is 19.9. The third-order valence-corrected chi connectivity index (χ3v) is 2.39. The number of methoxy groups -OCH3 is 1. The van der Waals surface area contributed by atoms with Gasteiger partial charge in [-0.25, -0.2) is 0 Å². The first-order valence-corrected chi connectivity index (χ1v) is 4.74. The molecule has 1 aliphatic heterocycles. The first-order valence-electron chi connectivity index (χ1n) is 4.36. The highest BCUT2D eigenvalue weighted by molar-refractivity contribution is 6.30. The van der Waals surface area contributed by atoms with Gasteiger partial charge < -0.3 is 14.2 Å². The minimum Gasteiger partial charge on any atom is -0.327 e. The summed E-state index contributed by atoms with van der Waals surface area (Å²) in [6, 6.07) is 7.22. The second-order valence-corrected chi connectivity index (χ2v) is 3.40. The van der Waals surface area contributed by atoms with Crippen molar-refractivity contribution in [3.63, 3.8) is 0 Å².